The normalized spacial score (nSPS) is 20.3. The molecule has 1 aliphatic rings. The Morgan fingerprint density at radius 3 is 2.43 bits per heavy atom. The number of benzene rings is 1. The Labute approximate surface area is 136 Å². The van der Waals surface area contributed by atoms with Crippen LogP contribution in [0.4, 0.5) is 0 Å². The van der Waals surface area contributed by atoms with E-state index in [0.717, 1.165) is 11.1 Å². The first kappa shape index (κ1) is 15.6. The van der Waals surface area contributed by atoms with Crippen LogP contribution in [0, 0.1) is 0 Å². The lowest BCUT2D eigenvalue weighted by atomic mass is 9.88. The highest BCUT2D eigenvalue weighted by atomic mass is 16.3. The molecule has 2 aromatic rings. The molecule has 1 fully saturated rings. The van der Waals surface area contributed by atoms with Gasteiger partial charge in [0.15, 0.2) is 0 Å². The molecule has 1 N–H and O–H groups in total. The highest BCUT2D eigenvalue weighted by Gasteiger charge is 2.38. The van der Waals surface area contributed by atoms with E-state index in [4.69, 9.17) is 0 Å². The van der Waals surface area contributed by atoms with Gasteiger partial charge in [-0.15, -0.1) is 0 Å². The number of piperidine rings is 1. The summed E-state index contributed by atoms with van der Waals surface area (Å²) < 4.78 is 0. The maximum atomic E-state index is 12.7. The summed E-state index contributed by atoms with van der Waals surface area (Å²) in [5.74, 6) is 0.0238. The molecule has 23 heavy (non-hydrogen) atoms. The van der Waals surface area contributed by atoms with E-state index >= 15 is 0 Å². The van der Waals surface area contributed by atoms with Gasteiger partial charge in [-0.3, -0.25) is 4.79 Å². The standard InChI is InChI=1S/C18H21N3O2/c1-18(2)10-15(22)8-9-21(18)17(23)16-19-11-14(12-20-16)13-6-4-3-5-7-13/h3-7,11-12,15,22H,8-10H2,1-2H3. The number of aromatic nitrogens is 2. The summed E-state index contributed by atoms with van der Waals surface area (Å²) in [5, 5.41) is 9.81. The predicted octanol–water partition coefficient (Wildman–Crippen LogP) is 2.52. The van der Waals surface area contributed by atoms with Gasteiger partial charge in [0.2, 0.25) is 5.82 Å². The van der Waals surface area contributed by atoms with E-state index in [0.29, 0.717) is 19.4 Å². The van der Waals surface area contributed by atoms with Crippen LogP contribution in [0.2, 0.25) is 0 Å². The van der Waals surface area contributed by atoms with Gasteiger partial charge >= 0.3 is 0 Å². The molecule has 1 aromatic heterocycles. The molecule has 1 atom stereocenters. The van der Waals surface area contributed by atoms with Crippen LogP contribution >= 0.6 is 0 Å². The summed E-state index contributed by atoms with van der Waals surface area (Å²) in [4.78, 5) is 23.0. The van der Waals surface area contributed by atoms with E-state index in [1.807, 2.05) is 44.2 Å². The van der Waals surface area contributed by atoms with Gasteiger partial charge in [-0.05, 0) is 32.3 Å². The van der Waals surface area contributed by atoms with Crippen LogP contribution in [0.3, 0.4) is 0 Å². The number of hydrogen-bond acceptors (Lipinski definition) is 4. The largest absolute Gasteiger partial charge is 0.393 e. The van der Waals surface area contributed by atoms with Gasteiger partial charge in [0.1, 0.15) is 0 Å². The van der Waals surface area contributed by atoms with Crippen molar-refractivity contribution in [1.82, 2.24) is 14.9 Å². The van der Waals surface area contributed by atoms with Crippen LogP contribution in [0.15, 0.2) is 42.7 Å². The van der Waals surface area contributed by atoms with Gasteiger partial charge in [-0.25, -0.2) is 9.97 Å². The molecule has 1 saturated heterocycles. The number of rotatable bonds is 2. The van der Waals surface area contributed by atoms with E-state index in [-0.39, 0.29) is 17.8 Å². The maximum absolute atomic E-state index is 12.7. The fourth-order valence-corrected chi connectivity index (χ4v) is 3.08. The van der Waals surface area contributed by atoms with E-state index < -0.39 is 5.54 Å². The molecule has 0 saturated carbocycles. The van der Waals surface area contributed by atoms with Crippen LogP contribution in [0.25, 0.3) is 11.1 Å². The Morgan fingerprint density at radius 1 is 1.17 bits per heavy atom. The quantitative estimate of drug-likeness (QED) is 0.925. The van der Waals surface area contributed by atoms with Gasteiger partial charge in [-0.2, -0.15) is 0 Å². The van der Waals surface area contributed by atoms with Crippen LogP contribution < -0.4 is 0 Å². The Morgan fingerprint density at radius 2 is 1.83 bits per heavy atom. The van der Waals surface area contributed by atoms with Crippen molar-refractivity contribution < 1.29 is 9.90 Å². The van der Waals surface area contributed by atoms with Crippen molar-refractivity contribution in [3.05, 3.63) is 48.5 Å². The average Bonchev–Trinajstić information content (AvgIpc) is 2.54. The van der Waals surface area contributed by atoms with Crippen molar-refractivity contribution >= 4 is 5.91 Å². The van der Waals surface area contributed by atoms with Crippen molar-refractivity contribution in [2.24, 2.45) is 0 Å². The van der Waals surface area contributed by atoms with Crippen molar-refractivity contribution in [1.29, 1.82) is 0 Å². The zero-order chi connectivity index (χ0) is 16.4. The molecular formula is C18H21N3O2. The molecule has 0 radical (unpaired) electrons. The lowest BCUT2D eigenvalue weighted by Gasteiger charge is -2.43. The number of hydrogen-bond donors (Lipinski definition) is 1. The van der Waals surface area contributed by atoms with Crippen LogP contribution in [0.1, 0.15) is 37.3 Å². The van der Waals surface area contributed by atoms with Gasteiger partial charge < -0.3 is 10.0 Å². The summed E-state index contributed by atoms with van der Waals surface area (Å²) in [7, 11) is 0. The van der Waals surface area contributed by atoms with E-state index in [1.54, 1.807) is 17.3 Å². The summed E-state index contributed by atoms with van der Waals surface area (Å²) in [6.07, 6.45) is 4.18. The third kappa shape index (κ3) is 3.24. The Kier molecular flexibility index (Phi) is 4.13. The average molecular weight is 311 g/mol. The van der Waals surface area contributed by atoms with E-state index in [9.17, 15) is 9.90 Å². The first-order chi connectivity index (χ1) is 11.0. The zero-order valence-electron chi connectivity index (χ0n) is 13.4. The summed E-state index contributed by atoms with van der Waals surface area (Å²) in [6.45, 7) is 4.45. The van der Waals surface area contributed by atoms with Crippen LogP contribution in [-0.4, -0.2) is 44.1 Å². The number of carbonyl (C=O) groups excluding carboxylic acids is 1. The SMILES string of the molecule is CC1(C)CC(O)CCN1C(=O)c1ncc(-c2ccccc2)cn1. The second-order valence-corrected chi connectivity index (χ2v) is 6.58. The second kappa shape index (κ2) is 6.08. The molecule has 1 aliphatic heterocycles. The predicted molar refractivity (Wildman–Crippen MR) is 87.8 cm³/mol. The smallest absolute Gasteiger partial charge is 0.292 e. The molecule has 1 aromatic carbocycles. The third-order valence-corrected chi connectivity index (χ3v) is 4.35. The lowest BCUT2D eigenvalue weighted by molar-refractivity contribution is 0.00252. The lowest BCUT2D eigenvalue weighted by Crippen LogP contribution is -2.54. The molecule has 1 amide bonds. The summed E-state index contributed by atoms with van der Waals surface area (Å²) in [5.41, 5.74) is 1.51. The first-order valence-corrected chi connectivity index (χ1v) is 7.85. The fraction of sp³-hybridized carbons (Fsp3) is 0.389. The Bertz CT molecular complexity index is 683. The van der Waals surface area contributed by atoms with Crippen molar-refractivity contribution in [3.63, 3.8) is 0 Å². The van der Waals surface area contributed by atoms with Crippen LogP contribution in [0.5, 0.6) is 0 Å². The van der Waals surface area contributed by atoms with Crippen molar-refractivity contribution in [2.75, 3.05) is 6.54 Å². The fourth-order valence-electron chi connectivity index (χ4n) is 3.08. The zero-order valence-corrected chi connectivity index (χ0v) is 13.4. The first-order valence-electron chi connectivity index (χ1n) is 7.85. The van der Waals surface area contributed by atoms with Crippen molar-refractivity contribution in [2.45, 2.75) is 38.3 Å². The minimum absolute atomic E-state index is 0.179. The number of aliphatic hydroxyl groups is 1. The van der Waals surface area contributed by atoms with E-state index in [1.165, 1.54) is 0 Å². The number of likely N-dealkylation sites (tertiary alicyclic amines) is 1. The molecule has 5 nitrogen and oxygen atoms in total. The van der Waals surface area contributed by atoms with E-state index in [2.05, 4.69) is 9.97 Å². The number of amides is 1. The second-order valence-electron chi connectivity index (χ2n) is 6.58. The topological polar surface area (TPSA) is 66.3 Å². The molecule has 0 bridgehead atoms. The minimum Gasteiger partial charge on any atom is -0.393 e. The Balaban J connectivity index is 1.81. The molecule has 0 spiro atoms. The van der Waals surface area contributed by atoms with Gasteiger partial charge in [0.25, 0.3) is 5.91 Å². The van der Waals surface area contributed by atoms with Crippen molar-refractivity contribution in [3.8, 4) is 11.1 Å². The third-order valence-electron chi connectivity index (χ3n) is 4.35. The highest BCUT2D eigenvalue weighted by molar-refractivity contribution is 5.91. The number of nitrogens with zero attached hydrogens (tertiary/aromatic N) is 3. The molecule has 0 aliphatic carbocycles. The van der Waals surface area contributed by atoms with Gasteiger partial charge in [0.05, 0.1) is 6.10 Å². The molecule has 3 rings (SSSR count). The molecule has 120 valence electrons. The number of carbonyl (C=O) groups is 1. The summed E-state index contributed by atoms with van der Waals surface area (Å²) in [6, 6.07) is 9.83. The highest BCUT2D eigenvalue weighted by Crippen LogP contribution is 2.28. The maximum Gasteiger partial charge on any atom is 0.292 e. The monoisotopic (exact) mass is 311 g/mol. The molecule has 2 heterocycles. The van der Waals surface area contributed by atoms with Gasteiger partial charge in [0, 0.05) is 30.0 Å². The number of aliphatic hydroxyl groups excluding tert-OH is 1. The molecule has 5 heteroatoms. The molecule has 1 unspecified atom stereocenters. The van der Waals surface area contributed by atoms with Gasteiger partial charge in [-0.1, -0.05) is 30.3 Å². The Hall–Kier alpha value is -2.27. The summed E-state index contributed by atoms with van der Waals surface area (Å²) >= 11 is 0. The van der Waals surface area contributed by atoms with Crippen LogP contribution in [-0.2, 0) is 0 Å². The molecular weight excluding hydrogens is 290 g/mol. The minimum atomic E-state index is -0.393.